The highest BCUT2D eigenvalue weighted by Gasteiger charge is 2.23. The average Bonchev–Trinajstić information content (AvgIpc) is 3.11. The second kappa shape index (κ2) is 4.54. The van der Waals surface area contributed by atoms with Crippen LogP contribution in [0.1, 0.15) is 18.4 Å². The maximum absolute atomic E-state index is 12.2. The van der Waals surface area contributed by atoms with Crippen LogP contribution in [-0.4, -0.2) is 11.2 Å². The quantitative estimate of drug-likeness (QED) is 0.845. The fourth-order valence-corrected chi connectivity index (χ4v) is 2.27. The van der Waals surface area contributed by atoms with E-state index in [1.165, 1.54) is 18.9 Å². The third kappa shape index (κ3) is 2.39. The molecule has 0 bridgehead atoms. The number of alkyl halides is 2. The van der Waals surface area contributed by atoms with E-state index in [0.29, 0.717) is 11.5 Å². The summed E-state index contributed by atoms with van der Waals surface area (Å²) < 4.78 is 30.8. The first-order valence-electron chi connectivity index (χ1n) is 6.15. The zero-order chi connectivity index (χ0) is 13.4. The van der Waals surface area contributed by atoms with Crippen LogP contribution in [0.3, 0.4) is 0 Å². The third-order valence-electron chi connectivity index (χ3n) is 3.35. The van der Waals surface area contributed by atoms with E-state index in [-0.39, 0.29) is 5.75 Å². The van der Waals surface area contributed by atoms with Gasteiger partial charge in [0.2, 0.25) is 0 Å². The molecule has 0 N–H and O–H groups in total. The predicted octanol–water partition coefficient (Wildman–Crippen LogP) is 3.52. The van der Waals surface area contributed by atoms with Gasteiger partial charge in [-0.15, -0.1) is 0 Å². The lowest BCUT2D eigenvalue weighted by molar-refractivity contribution is -0.0497. The van der Waals surface area contributed by atoms with Crippen LogP contribution in [0, 0.1) is 17.2 Å². The molecule has 1 aliphatic carbocycles. The summed E-state index contributed by atoms with van der Waals surface area (Å²) >= 11 is 0. The lowest BCUT2D eigenvalue weighted by atomic mass is 10.2. The van der Waals surface area contributed by atoms with Crippen LogP contribution in [0.15, 0.2) is 24.4 Å². The standard InChI is InChI=1S/C14H12F2N2O/c15-14(16)19-11-3-4-12-10(6-17)8-18(13(12)5-11)7-9-1-2-9/h3-5,8-9,14H,1-2,7H2. The van der Waals surface area contributed by atoms with Gasteiger partial charge in [0.05, 0.1) is 11.1 Å². The Hall–Kier alpha value is -2.09. The van der Waals surface area contributed by atoms with E-state index in [0.717, 1.165) is 17.4 Å². The van der Waals surface area contributed by atoms with Crippen LogP contribution >= 0.6 is 0 Å². The number of hydrogen-bond acceptors (Lipinski definition) is 2. The summed E-state index contributed by atoms with van der Waals surface area (Å²) in [6.45, 7) is -2.00. The minimum Gasteiger partial charge on any atom is -0.435 e. The van der Waals surface area contributed by atoms with Crippen LogP contribution in [0.2, 0.25) is 0 Å². The van der Waals surface area contributed by atoms with Crippen molar-refractivity contribution in [1.82, 2.24) is 4.57 Å². The first-order valence-corrected chi connectivity index (χ1v) is 6.15. The SMILES string of the molecule is N#Cc1cn(CC2CC2)c2cc(OC(F)F)ccc12. The first kappa shape index (κ1) is 12.0. The van der Waals surface area contributed by atoms with Crippen molar-refractivity contribution in [1.29, 1.82) is 5.26 Å². The highest BCUT2D eigenvalue weighted by atomic mass is 19.3. The number of hydrogen-bond donors (Lipinski definition) is 0. The molecule has 1 aromatic carbocycles. The minimum absolute atomic E-state index is 0.127. The molecule has 5 heteroatoms. The van der Waals surface area contributed by atoms with Crippen molar-refractivity contribution in [3.8, 4) is 11.8 Å². The van der Waals surface area contributed by atoms with Crippen molar-refractivity contribution in [2.75, 3.05) is 0 Å². The second-order valence-electron chi connectivity index (χ2n) is 4.81. The molecular formula is C14H12F2N2O. The van der Waals surface area contributed by atoms with Crippen molar-refractivity contribution < 1.29 is 13.5 Å². The van der Waals surface area contributed by atoms with E-state index in [4.69, 9.17) is 5.26 Å². The molecule has 0 radical (unpaired) electrons. The van der Waals surface area contributed by atoms with E-state index in [2.05, 4.69) is 10.8 Å². The molecule has 0 spiro atoms. The van der Waals surface area contributed by atoms with Gasteiger partial charge in [-0.05, 0) is 30.9 Å². The number of nitrogens with zero attached hydrogens (tertiary/aromatic N) is 2. The summed E-state index contributed by atoms with van der Waals surface area (Å²) in [7, 11) is 0. The molecule has 2 aromatic rings. The second-order valence-corrected chi connectivity index (χ2v) is 4.81. The van der Waals surface area contributed by atoms with E-state index in [9.17, 15) is 8.78 Å². The van der Waals surface area contributed by atoms with Crippen molar-refractivity contribution in [3.63, 3.8) is 0 Å². The number of aromatic nitrogens is 1. The van der Waals surface area contributed by atoms with Gasteiger partial charge in [-0.3, -0.25) is 0 Å². The predicted molar refractivity (Wildman–Crippen MR) is 66.0 cm³/mol. The molecule has 1 aromatic heterocycles. The van der Waals surface area contributed by atoms with Crippen molar-refractivity contribution in [3.05, 3.63) is 30.0 Å². The van der Waals surface area contributed by atoms with Crippen LogP contribution in [-0.2, 0) is 6.54 Å². The Labute approximate surface area is 109 Å². The van der Waals surface area contributed by atoms with E-state index < -0.39 is 6.61 Å². The molecule has 1 aliphatic rings. The number of rotatable bonds is 4. The monoisotopic (exact) mass is 262 g/mol. The molecule has 0 amide bonds. The Morgan fingerprint density at radius 1 is 1.42 bits per heavy atom. The van der Waals surface area contributed by atoms with Crippen LogP contribution in [0.5, 0.6) is 5.75 Å². The number of halogens is 2. The number of nitriles is 1. The van der Waals surface area contributed by atoms with Gasteiger partial charge < -0.3 is 9.30 Å². The topological polar surface area (TPSA) is 38.0 Å². The lowest BCUT2D eigenvalue weighted by Crippen LogP contribution is -2.02. The Morgan fingerprint density at radius 2 is 2.21 bits per heavy atom. The van der Waals surface area contributed by atoms with Crippen LogP contribution in [0.25, 0.3) is 10.9 Å². The highest BCUT2D eigenvalue weighted by Crippen LogP contribution is 2.33. The van der Waals surface area contributed by atoms with Gasteiger partial charge in [0.1, 0.15) is 11.8 Å². The molecule has 1 fully saturated rings. The van der Waals surface area contributed by atoms with Crippen molar-refractivity contribution in [2.24, 2.45) is 5.92 Å². The number of benzene rings is 1. The van der Waals surface area contributed by atoms with Gasteiger partial charge in [0, 0.05) is 24.2 Å². The van der Waals surface area contributed by atoms with Crippen molar-refractivity contribution >= 4 is 10.9 Å². The van der Waals surface area contributed by atoms with Crippen LogP contribution < -0.4 is 4.74 Å². The molecule has 0 unspecified atom stereocenters. The molecule has 0 saturated heterocycles. The smallest absolute Gasteiger partial charge is 0.387 e. The maximum Gasteiger partial charge on any atom is 0.387 e. The molecule has 1 saturated carbocycles. The summed E-state index contributed by atoms with van der Waals surface area (Å²) in [5.74, 6) is 0.768. The fourth-order valence-electron chi connectivity index (χ4n) is 2.27. The average molecular weight is 262 g/mol. The minimum atomic E-state index is -2.83. The Kier molecular flexibility index (Phi) is 2.86. The van der Waals surface area contributed by atoms with E-state index >= 15 is 0 Å². The van der Waals surface area contributed by atoms with Gasteiger partial charge in [-0.1, -0.05) is 0 Å². The molecule has 3 rings (SSSR count). The molecule has 0 atom stereocenters. The summed E-state index contributed by atoms with van der Waals surface area (Å²) in [5.41, 5.74) is 1.35. The van der Waals surface area contributed by atoms with Gasteiger partial charge in [-0.2, -0.15) is 14.0 Å². The number of ether oxygens (including phenoxy) is 1. The van der Waals surface area contributed by atoms with Crippen LogP contribution in [0.4, 0.5) is 8.78 Å². The van der Waals surface area contributed by atoms with Gasteiger partial charge in [-0.25, -0.2) is 0 Å². The van der Waals surface area contributed by atoms with Gasteiger partial charge in [0.15, 0.2) is 0 Å². The molecule has 3 nitrogen and oxygen atoms in total. The zero-order valence-corrected chi connectivity index (χ0v) is 10.1. The molecule has 1 heterocycles. The van der Waals surface area contributed by atoms with Gasteiger partial charge in [0.25, 0.3) is 0 Å². The molecule has 19 heavy (non-hydrogen) atoms. The number of fused-ring (bicyclic) bond motifs is 1. The van der Waals surface area contributed by atoms with E-state index in [1.807, 2.05) is 4.57 Å². The first-order chi connectivity index (χ1) is 9.17. The third-order valence-corrected chi connectivity index (χ3v) is 3.35. The van der Waals surface area contributed by atoms with Crippen molar-refractivity contribution in [2.45, 2.75) is 26.0 Å². The highest BCUT2D eigenvalue weighted by molar-refractivity contribution is 5.87. The Bertz CT molecular complexity index is 653. The largest absolute Gasteiger partial charge is 0.435 e. The summed E-state index contributed by atoms with van der Waals surface area (Å²) in [6, 6.07) is 6.84. The lowest BCUT2D eigenvalue weighted by Gasteiger charge is -2.07. The summed E-state index contributed by atoms with van der Waals surface area (Å²) in [5, 5.41) is 9.88. The van der Waals surface area contributed by atoms with E-state index in [1.54, 1.807) is 18.3 Å². The van der Waals surface area contributed by atoms with Gasteiger partial charge >= 0.3 is 6.61 Å². The molecule has 98 valence electrons. The molecule has 0 aliphatic heterocycles. The fraction of sp³-hybridized carbons (Fsp3) is 0.357. The Morgan fingerprint density at radius 3 is 2.84 bits per heavy atom. The molecular weight excluding hydrogens is 250 g/mol. The normalized spacial score (nSPS) is 14.8. The summed E-state index contributed by atoms with van der Waals surface area (Å²) in [6.07, 6.45) is 4.17. The zero-order valence-electron chi connectivity index (χ0n) is 10.1. The maximum atomic E-state index is 12.2. The Balaban J connectivity index is 2.05. The summed E-state index contributed by atoms with van der Waals surface area (Å²) in [4.78, 5) is 0.